The minimum absolute atomic E-state index is 0.724. The van der Waals surface area contributed by atoms with Gasteiger partial charge in [-0.05, 0) is 32.8 Å². The van der Waals surface area contributed by atoms with Gasteiger partial charge in [-0.3, -0.25) is 0 Å². The molecule has 1 saturated heterocycles. The van der Waals surface area contributed by atoms with Gasteiger partial charge in [0.1, 0.15) is 0 Å². The lowest BCUT2D eigenvalue weighted by Crippen LogP contribution is -2.42. The van der Waals surface area contributed by atoms with Gasteiger partial charge < -0.3 is 5.32 Å². The Hall–Kier alpha value is -0.820. The smallest absolute Gasteiger partial charge is 0.00885 e. The first-order valence-corrected chi connectivity index (χ1v) is 5.86. The number of rotatable bonds is 4. The molecule has 1 heteroatoms. The van der Waals surface area contributed by atoms with Crippen LogP contribution in [0.25, 0.3) is 0 Å². The Bertz CT molecular complexity index is 286. The Labute approximate surface area is 94.0 Å². The highest BCUT2D eigenvalue weighted by atomic mass is 14.9. The Kier molecular flexibility index (Phi) is 4.83. The monoisotopic (exact) mass is 205 g/mol. The predicted octanol–water partition coefficient (Wildman–Crippen LogP) is 3.45. The van der Waals surface area contributed by atoms with E-state index in [1.165, 1.54) is 16.7 Å². The fourth-order valence-electron chi connectivity index (χ4n) is 1.48. The van der Waals surface area contributed by atoms with Crippen molar-refractivity contribution in [3.63, 3.8) is 0 Å². The minimum Gasteiger partial charge on any atom is -0.315 e. The highest BCUT2D eigenvalue weighted by Gasteiger charge is 2.19. The lowest BCUT2D eigenvalue weighted by atomic mass is 9.91. The molecule has 0 atom stereocenters. The third-order valence-corrected chi connectivity index (χ3v) is 2.83. The molecule has 0 saturated carbocycles. The average Bonchev–Trinajstić information content (AvgIpc) is 2.10. The molecule has 0 aromatic heterocycles. The second-order valence-electron chi connectivity index (χ2n) is 4.61. The van der Waals surface area contributed by atoms with Crippen molar-refractivity contribution >= 4 is 0 Å². The molecule has 0 bridgehead atoms. The summed E-state index contributed by atoms with van der Waals surface area (Å²) in [5, 5.41) is 3.33. The molecule has 1 fully saturated rings. The van der Waals surface area contributed by atoms with E-state index in [1.807, 2.05) is 0 Å². The van der Waals surface area contributed by atoms with Crippen molar-refractivity contribution in [2.75, 3.05) is 13.1 Å². The summed E-state index contributed by atoms with van der Waals surface area (Å²) >= 11 is 0. The zero-order valence-electron chi connectivity index (χ0n) is 10.4. The van der Waals surface area contributed by atoms with Crippen molar-refractivity contribution in [2.45, 2.75) is 34.1 Å². The molecule has 1 nitrogen and oxygen atoms in total. The van der Waals surface area contributed by atoms with Gasteiger partial charge in [-0.2, -0.15) is 0 Å². The highest BCUT2D eigenvalue weighted by Crippen LogP contribution is 2.19. The second kappa shape index (κ2) is 5.92. The van der Waals surface area contributed by atoms with Gasteiger partial charge in [-0.15, -0.1) is 0 Å². The maximum atomic E-state index is 3.33. The van der Waals surface area contributed by atoms with E-state index in [1.54, 1.807) is 0 Å². The van der Waals surface area contributed by atoms with Crippen molar-refractivity contribution in [2.24, 2.45) is 5.92 Å². The third kappa shape index (κ3) is 4.05. The van der Waals surface area contributed by atoms with Crippen molar-refractivity contribution in [3.05, 3.63) is 34.9 Å². The molecule has 84 valence electrons. The van der Waals surface area contributed by atoms with E-state index in [4.69, 9.17) is 0 Å². The molecule has 1 aliphatic heterocycles. The van der Waals surface area contributed by atoms with Crippen LogP contribution >= 0.6 is 0 Å². The number of nitrogens with one attached hydrogen (secondary N) is 1. The summed E-state index contributed by atoms with van der Waals surface area (Å²) in [6.07, 6.45) is 7.99. The summed E-state index contributed by atoms with van der Waals surface area (Å²) in [5.41, 5.74) is 4.31. The normalized spacial score (nSPS) is 18.7. The van der Waals surface area contributed by atoms with E-state index >= 15 is 0 Å². The van der Waals surface area contributed by atoms with E-state index in [0.717, 1.165) is 25.4 Å². The standard InChI is InChI=1S/C14H23N/c1-5-12(4)8-13(7-6-11(2)3)14-9-15-10-14/h6-8,14-15H,5,9-10H2,1-4H3. The van der Waals surface area contributed by atoms with Crippen LogP contribution in [-0.2, 0) is 0 Å². The molecule has 1 heterocycles. The summed E-state index contributed by atoms with van der Waals surface area (Å²) in [4.78, 5) is 0. The molecule has 0 amide bonds. The summed E-state index contributed by atoms with van der Waals surface area (Å²) in [6, 6.07) is 0. The molecule has 0 unspecified atom stereocenters. The molecular formula is C14H23N. The topological polar surface area (TPSA) is 12.0 Å². The Morgan fingerprint density at radius 2 is 1.87 bits per heavy atom. The molecular weight excluding hydrogens is 182 g/mol. The van der Waals surface area contributed by atoms with Gasteiger partial charge in [0.05, 0.1) is 0 Å². The highest BCUT2D eigenvalue weighted by molar-refractivity contribution is 5.31. The van der Waals surface area contributed by atoms with E-state index in [9.17, 15) is 0 Å². The molecule has 15 heavy (non-hydrogen) atoms. The molecule has 0 aromatic rings. The van der Waals surface area contributed by atoms with E-state index in [-0.39, 0.29) is 0 Å². The van der Waals surface area contributed by atoms with Crippen LogP contribution in [0.15, 0.2) is 34.9 Å². The summed E-state index contributed by atoms with van der Waals surface area (Å²) in [5.74, 6) is 0.724. The van der Waals surface area contributed by atoms with Crippen LogP contribution in [0.4, 0.5) is 0 Å². The van der Waals surface area contributed by atoms with Crippen LogP contribution in [0, 0.1) is 5.92 Å². The van der Waals surface area contributed by atoms with Crippen LogP contribution in [0.5, 0.6) is 0 Å². The SMILES string of the molecule is CCC(C)=CC(=CC=C(C)C)C1CNC1. The lowest BCUT2D eigenvalue weighted by Gasteiger charge is -2.28. The molecule has 0 radical (unpaired) electrons. The molecule has 1 rings (SSSR count). The number of hydrogen-bond donors (Lipinski definition) is 1. The fraction of sp³-hybridized carbons (Fsp3) is 0.571. The van der Waals surface area contributed by atoms with Gasteiger partial charge in [0.2, 0.25) is 0 Å². The Balaban J connectivity index is 2.77. The van der Waals surface area contributed by atoms with E-state index < -0.39 is 0 Å². The molecule has 0 spiro atoms. The molecule has 1 aliphatic rings. The summed E-state index contributed by atoms with van der Waals surface area (Å²) in [7, 11) is 0. The van der Waals surface area contributed by atoms with Crippen LogP contribution in [0.1, 0.15) is 34.1 Å². The minimum atomic E-state index is 0.724. The average molecular weight is 205 g/mol. The second-order valence-corrected chi connectivity index (χ2v) is 4.61. The third-order valence-electron chi connectivity index (χ3n) is 2.83. The van der Waals surface area contributed by atoms with Gasteiger partial charge >= 0.3 is 0 Å². The van der Waals surface area contributed by atoms with Crippen molar-refractivity contribution < 1.29 is 0 Å². The first kappa shape index (κ1) is 12.3. The predicted molar refractivity (Wildman–Crippen MR) is 67.9 cm³/mol. The first-order valence-electron chi connectivity index (χ1n) is 5.86. The van der Waals surface area contributed by atoms with E-state index in [2.05, 4.69) is 51.2 Å². The molecule has 0 aliphatic carbocycles. The molecule has 0 aromatic carbocycles. The van der Waals surface area contributed by atoms with Crippen molar-refractivity contribution in [1.82, 2.24) is 5.32 Å². The maximum absolute atomic E-state index is 3.33. The van der Waals surface area contributed by atoms with Gasteiger partial charge in [0.15, 0.2) is 0 Å². The van der Waals surface area contributed by atoms with Crippen molar-refractivity contribution in [3.8, 4) is 0 Å². The lowest BCUT2D eigenvalue weighted by molar-refractivity contribution is 0.405. The van der Waals surface area contributed by atoms with Crippen molar-refractivity contribution in [1.29, 1.82) is 0 Å². The zero-order valence-corrected chi connectivity index (χ0v) is 10.4. The van der Waals surface area contributed by atoms with Gasteiger partial charge in [0, 0.05) is 19.0 Å². The zero-order chi connectivity index (χ0) is 11.3. The van der Waals surface area contributed by atoms with E-state index in [0.29, 0.717) is 0 Å². The first-order chi connectivity index (χ1) is 7.13. The fourth-order valence-corrected chi connectivity index (χ4v) is 1.48. The summed E-state index contributed by atoms with van der Waals surface area (Å²) < 4.78 is 0. The van der Waals surface area contributed by atoms with Crippen LogP contribution < -0.4 is 5.32 Å². The summed E-state index contributed by atoms with van der Waals surface area (Å²) in [6.45, 7) is 11.0. The van der Waals surface area contributed by atoms with Crippen LogP contribution in [-0.4, -0.2) is 13.1 Å². The Morgan fingerprint density at radius 3 is 2.27 bits per heavy atom. The van der Waals surface area contributed by atoms with Crippen LogP contribution in [0.3, 0.4) is 0 Å². The Morgan fingerprint density at radius 1 is 1.20 bits per heavy atom. The quantitative estimate of drug-likeness (QED) is 0.693. The number of allylic oxidation sites excluding steroid dienone is 5. The molecule has 1 N–H and O–H groups in total. The van der Waals surface area contributed by atoms with Gasteiger partial charge in [-0.1, -0.05) is 36.3 Å². The maximum Gasteiger partial charge on any atom is 0.00885 e. The number of hydrogen-bond acceptors (Lipinski definition) is 1. The van der Waals surface area contributed by atoms with Gasteiger partial charge in [0.25, 0.3) is 0 Å². The van der Waals surface area contributed by atoms with Crippen LogP contribution in [0.2, 0.25) is 0 Å². The largest absolute Gasteiger partial charge is 0.315 e. The van der Waals surface area contributed by atoms with Gasteiger partial charge in [-0.25, -0.2) is 0 Å².